The van der Waals surface area contributed by atoms with E-state index in [1.54, 1.807) is 0 Å². The van der Waals surface area contributed by atoms with Gasteiger partial charge in [0.15, 0.2) is 0 Å². The zero-order valence-electron chi connectivity index (χ0n) is 10.5. The highest BCUT2D eigenvalue weighted by molar-refractivity contribution is 5.58. The molecule has 0 fully saturated rings. The molecule has 2 aromatic rings. The molecule has 1 heteroatoms. The predicted molar refractivity (Wildman–Crippen MR) is 80.1 cm³/mol. The van der Waals surface area contributed by atoms with Crippen LogP contribution in [0.2, 0.25) is 0 Å². The molecule has 0 heterocycles. The number of aryl methyl sites for hydroxylation is 1. The summed E-state index contributed by atoms with van der Waals surface area (Å²) >= 11 is 0. The van der Waals surface area contributed by atoms with E-state index in [-0.39, 0.29) is 0 Å². The smallest absolute Gasteiger partial charge is 0.0314 e. The van der Waals surface area contributed by atoms with Crippen LogP contribution >= 0.6 is 0 Å². The van der Waals surface area contributed by atoms with Gasteiger partial charge < -0.3 is 5.73 Å². The highest BCUT2D eigenvalue weighted by Gasteiger charge is 1.86. The van der Waals surface area contributed by atoms with Crippen molar-refractivity contribution in [3.63, 3.8) is 0 Å². The number of nitrogens with two attached hydrogens (primary N) is 1. The second kappa shape index (κ2) is 5.87. The van der Waals surface area contributed by atoms with Crippen molar-refractivity contribution in [3.05, 3.63) is 77.4 Å². The highest BCUT2D eigenvalue weighted by Crippen LogP contribution is 2.08. The third kappa shape index (κ3) is 3.63. The summed E-state index contributed by atoms with van der Waals surface area (Å²) in [6.07, 6.45) is 8.23. The molecule has 0 saturated carbocycles. The molecule has 2 rings (SSSR count). The molecule has 0 bridgehead atoms. The van der Waals surface area contributed by atoms with Crippen molar-refractivity contribution < 1.29 is 0 Å². The van der Waals surface area contributed by atoms with Crippen LogP contribution in [0.25, 0.3) is 12.2 Å². The zero-order chi connectivity index (χ0) is 12.8. The number of hydrogen-bond donors (Lipinski definition) is 1. The minimum Gasteiger partial charge on any atom is -0.399 e. The second-order valence-electron chi connectivity index (χ2n) is 4.30. The molecule has 0 spiro atoms. The molecule has 1 nitrogen and oxygen atoms in total. The lowest BCUT2D eigenvalue weighted by Crippen LogP contribution is -1.82. The lowest BCUT2D eigenvalue weighted by molar-refractivity contribution is 1.46. The third-order valence-electron chi connectivity index (χ3n) is 2.70. The Labute approximate surface area is 108 Å². The average molecular weight is 235 g/mol. The van der Waals surface area contributed by atoms with Gasteiger partial charge in [0.1, 0.15) is 0 Å². The van der Waals surface area contributed by atoms with Crippen molar-refractivity contribution in [2.45, 2.75) is 6.92 Å². The maximum Gasteiger partial charge on any atom is 0.0314 e. The predicted octanol–water partition coefficient (Wildman–Crippen LogP) is 4.30. The summed E-state index contributed by atoms with van der Waals surface area (Å²) in [4.78, 5) is 0. The Balaban J connectivity index is 1.98. The van der Waals surface area contributed by atoms with Crippen LogP contribution < -0.4 is 5.73 Å². The molecule has 90 valence electrons. The Morgan fingerprint density at radius 2 is 1.17 bits per heavy atom. The van der Waals surface area contributed by atoms with E-state index in [4.69, 9.17) is 5.73 Å². The monoisotopic (exact) mass is 235 g/mol. The molecule has 0 aromatic heterocycles. The number of anilines is 1. The summed E-state index contributed by atoms with van der Waals surface area (Å²) in [6, 6.07) is 16.3. The minimum absolute atomic E-state index is 0.794. The van der Waals surface area contributed by atoms with Crippen LogP contribution in [-0.2, 0) is 0 Å². The van der Waals surface area contributed by atoms with Crippen molar-refractivity contribution >= 4 is 17.8 Å². The highest BCUT2D eigenvalue weighted by atomic mass is 14.5. The normalized spacial score (nSPS) is 11.4. The van der Waals surface area contributed by atoms with Crippen molar-refractivity contribution in [2.24, 2.45) is 0 Å². The van der Waals surface area contributed by atoms with E-state index in [1.807, 2.05) is 36.4 Å². The van der Waals surface area contributed by atoms with Gasteiger partial charge in [-0.1, -0.05) is 66.3 Å². The van der Waals surface area contributed by atoms with E-state index in [0.29, 0.717) is 0 Å². The van der Waals surface area contributed by atoms with E-state index >= 15 is 0 Å². The first-order valence-corrected chi connectivity index (χ1v) is 6.01. The zero-order valence-corrected chi connectivity index (χ0v) is 10.5. The molecule has 0 radical (unpaired) electrons. The summed E-state index contributed by atoms with van der Waals surface area (Å²) in [7, 11) is 0. The number of allylic oxidation sites excluding steroid dienone is 2. The average Bonchev–Trinajstić information content (AvgIpc) is 2.39. The maximum absolute atomic E-state index is 5.63. The fourth-order valence-electron chi connectivity index (χ4n) is 1.62. The summed E-state index contributed by atoms with van der Waals surface area (Å²) in [6.45, 7) is 2.09. The molecular weight excluding hydrogens is 218 g/mol. The molecule has 2 aromatic carbocycles. The van der Waals surface area contributed by atoms with Crippen LogP contribution in [-0.4, -0.2) is 0 Å². The first-order valence-electron chi connectivity index (χ1n) is 6.01. The SMILES string of the molecule is Cc1ccc(/C=C/C=C/c2ccc(N)cc2)cc1. The minimum atomic E-state index is 0.794. The second-order valence-corrected chi connectivity index (χ2v) is 4.30. The van der Waals surface area contributed by atoms with E-state index < -0.39 is 0 Å². The standard InChI is InChI=1S/C17H17N/c1-14-6-8-15(9-7-14)4-2-3-5-16-10-12-17(18)13-11-16/h2-13H,18H2,1H3/b4-2+,5-3+. The Morgan fingerprint density at radius 3 is 1.67 bits per heavy atom. The van der Waals surface area contributed by atoms with Gasteiger partial charge in [0.2, 0.25) is 0 Å². The Morgan fingerprint density at radius 1 is 0.722 bits per heavy atom. The summed E-state index contributed by atoms with van der Waals surface area (Å²) in [5.41, 5.74) is 10.1. The van der Waals surface area contributed by atoms with E-state index in [0.717, 1.165) is 11.3 Å². The first kappa shape index (κ1) is 12.2. The van der Waals surface area contributed by atoms with Crippen molar-refractivity contribution in [2.75, 3.05) is 5.73 Å². The Kier molecular flexibility index (Phi) is 3.98. The molecular formula is C17H17N. The van der Waals surface area contributed by atoms with E-state index in [2.05, 4.69) is 43.3 Å². The lowest BCUT2D eigenvalue weighted by Gasteiger charge is -1.94. The van der Waals surface area contributed by atoms with E-state index in [1.165, 1.54) is 11.1 Å². The van der Waals surface area contributed by atoms with Gasteiger partial charge in [0.25, 0.3) is 0 Å². The quantitative estimate of drug-likeness (QED) is 0.623. The van der Waals surface area contributed by atoms with Crippen LogP contribution in [0.15, 0.2) is 60.7 Å². The summed E-state index contributed by atoms with van der Waals surface area (Å²) in [5, 5.41) is 0. The van der Waals surface area contributed by atoms with Gasteiger partial charge in [-0.2, -0.15) is 0 Å². The number of hydrogen-bond acceptors (Lipinski definition) is 1. The molecule has 0 amide bonds. The molecule has 0 unspecified atom stereocenters. The largest absolute Gasteiger partial charge is 0.399 e. The van der Waals surface area contributed by atoms with Gasteiger partial charge in [-0.05, 0) is 30.2 Å². The van der Waals surface area contributed by atoms with Gasteiger partial charge in [-0.25, -0.2) is 0 Å². The Bertz CT molecular complexity index is 492. The fraction of sp³-hybridized carbons (Fsp3) is 0.0588. The molecule has 0 aliphatic heterocycles. The van der Waals surface area contributed by atoms with Crippen molar-refractivity contribution in [3.8, 4) is 0 Å². The summed E-state index contributed by atoms with van der Waals surface area (Å²) < 4.78 is 0. The molecule has 0 saturated heterocycles. The van der Waals surface area contributed by atoms with Gasteiger partial charge in [0, 0.05) is 5.69 Å². The van der Waals surface area contributed by atoms with Crippen molar-refractivity contribution in [1.29, 1.82) is 0 Å². The van der Waals surface area contributed by atoms with Crippen LogP contribution in [0.3, 0.4) is 0 Å². The third-order valence-corrected chi connectivity index (χ3v) is 2.70. The van der Waals surface area contributed by atoms with Crippen LogP contribution in [0, 0.1) is 6.92 Å². The number of nitrogen functional groups attached to an aromatic ring is 1. The number of benzene rings is 2. The molecule has 0 aliphatic carbocycles. The summed E-state index contributed by atoms with van der Waals surface area (Å²) in [5.74, 6) is 0. The molecule has 0 aliphatic rings. The van der Waals surface area contributed by atoms with Gasteiger partial charge >= 0.3 is 0 Å². The van der Waals surface area contributed by atoms with Gasteiger partial charge in [-0.3, -0.25) is 0 Å². The van der Waals surface area contributed by atoms with Gasteiger partial charge in [-0.15, -0.1) is 0 Å². The molecule has 18 heavy (non-hydrogen) atoms. The van der Waals surface area contributed by atoms with Crippen LogP contribution in [0.1, 0.15) is 16.7 Å². The van der Waals surface area contributed by atoms with Gasteiger partial charge in [0.05, 0.1) is 0 Å². The lowest BCUT2D eigenvalue weighted by atomic mass is 10.1. The first-order chi connectivity index (χ1) is 8.74. The van der Waals surface area contributed by atoms with Crippen LogP contribution in [0.5, 0.6) is 0 Å². The van der Waals surface area contributed by atoms with Crippen molar-refractivity contribution in [1.82, 2.24) is 0 Å². The topological polar surface area (TPSA) is 26.0 Å². The van der Waals surface area contributed by atoms with E-state index in [9.17, 15) is 0 Å². The number of rotatable bonds is 3. The molecule has 2 N–H and O–H groups in total. The Hall–Kier alpha value is -2.28. The molecule has 0 atom stereocenters. The maximum atomic E-state index is 5.63. The van der Waals surface area contributed by atoms with Crippen LogP contribution in [0.4, 0.5) is 5.69 Å². The fourth-order valence-corrected chi connectivity index (χ4v) is 1.62.